The summed E-state index contributed by atoms with van der Waals surface area (Å²) in [7, 11) is 1.76. The fourth-order valence-corrected chi connectivity index (χ4v) is 2.65. The second-order valence-corrected chi connectivity index (χ2v) is 5.32. The Bertz CT molecular complexity index is 610. The van der Waals surface area contributed by atoms with Gasteiger partial charge in [0.15, 0.2) is 0 Å². The number of hydrogen-bond acceptors (Lipinski definition) is 5. The van der Waals surface area contributed by atoms with Crippen LogP contribution in [0.4, 0.5) is 11.4 Å². The highest BCUT2D eigenvalue weighted by molar-refractivity contribution is 6.02. The van der Waals surface area contributed by atoms with Crippen LogP contribution in [0.5, 0.6) is 0 Å². The van der Waals surface area contributed by atoms with Gasteiger partial charge in [-0.15, -0.1) is 0 Å². The molecule has 0 bridgehead atoms. The van der Waals surface area contributed by atoms with Crippen LogP contribution in [-0.4, -0.2) is 37.4 Å². The number of piperidine rings is 1. The van der Waals surface area contributed by atoms with Gasteiger partial charge in [-0.2, -0.15) is 0 Å². The lowest BCUT2D eigenvalue weighted by Gasteiger charge is -2.33. The second-order valence-electron chi connectivity index (χ2n) is 5.32. The van der Waals surface area contributed by atoms with Crippen LogP contribution in [0, 0.1) is 0 Å². The molecule has 3 rings (SSSR count). The summed E-state index contributed by atoms with van der Waals surface area (Å²) in [6, 6.07) is 9.32. The predicted molar refractivity (Wildman–Crippen MR) is 83.1 cm³/mol. The van der Waals surface area contributed by atoms with Crippen LogP contribution >= 0.6 is 0 Å². The van der Waals surface area contributed by atoms with E-state index in [1.54, 1.807) is 7.11 Å². The first kappa shape index (κ1) is 14.6. The number of nitrogens with one attached hydrogen (secondary N) is 1. The van der Waals surface area contributed by atoms with Gasteiger partial charge in [0, 0.05) is 37.6 Å². The number of rotatable bonds is 4. The summed E-state index contributed by atoms with van der Waals surface area (Å²) in [5.74, 6) is -0.106. The van der Waals surface area contributed by atoms with Crippen molar-refractivity contribution in [3.8, 4) is 0 Å². The molecular weight excluding hydrogens is 282 g/mol. The maximum absolute atomic E-state index is 11.9. The average molecular weight is 301 g/mol. The molecule has 1 aliphatic rings. The Morgan fingerprint density at radius 3 is 2.86 bits per heavy atom. The maximum atomic E-state index is 11.9. The summed E-state index contributed by atoms with van der Waals surface area (Å²) in [6.45, 7) is 1.93. The standard InChI is InChI=1S/C16H19N3O3/c1-21-14-3-2-10-19(11-14)13-6-4-12(5-7-13)18-16(20)15-8-9-17-22-15/h4-9,14H,2-3,10-11H2,1H3,(H,18,20). The number of methoxy groups -OCH3 is 1. The topological polar surface area (TPSA) is 67.6 Å². The molecule has 6 heteroatoms. The lowest BCUT2D eigenvalue weighted by Crippen LogP contribution is -2.39. The molecule has 0 radical (unpaired) electrons. The van der Waals surface area contributed by atoms with E-state index in [9.17, 15) is 4.79 Å². The maximum Gasteiger partial charge on any atom is 0.294 e. The number of nitrogens with zero attached hydrogens (tertiary/aromatic N) is 2. The van der Waals surface area contributed by atoms with Gasteiger partial charge in [-0.25, -0.2) is 0 Å². The Labute approximate surface area is 129 Å². The van der Waals surface area contributed by atoms with Gasteiger partial charge in [-0.3, -0.25) is 4.79 Å². The van der Waals surface area contributed by atoms with E-state index in [1.165, 1.54) is 12.3 Å². The largest absolute Gasteiger partial charge is 0.380 e. The predicted octanol–water partition coefficient (Wildman–Crippen LogP) is 2.54. The Morgan fingerprint density at radius 1 is 1.36 bits per heavy atom. The SMILES string of the molecule is COC1CCCN(c2ccc(NC(=O)c3ccno3)cc2)C1. The van der Waals surface area contributed by atoms with Gasteiger partial charge in [0.05, 0.1) is 12.3 Å². The van der Waals surface area contributed by atoms with Gasteiger partial charge in [0.1, 0.15) is 0 Å². The third kappa shape index (κ3) is 3.28. The monoisotopic (exact) mass is 301 g/mol. The van der Waals surface area contributed by atoms with Crippen molar-refractivity contribution < 1.29 is 14.1 Å². The van der Waals surface area contributed by atoms with E-state index in [0.29, 0.717) is 6.10 Å². The molecule has 1 fully saturated rings. The first-order valence-electron chi connectivity index (χ1n) is 7.36. The minimum atomic E-state index is -0.303. The third-order valence-corrected chi connectivity index (χ3v) is 3.86. The number of hydrogen-bond donors (Lipinski definition) is 1. The fourth-order valence-electron chi connectivity index (χ4n) is 2.65. The van der Waals surface area contributed by atoms with E-state index in [1.807, 2.05) is 24.3 Å². The number of carbonyl (C=O) groups excluding carboxylic acids is 1. The van der Waals surface area contributed by atoms with Gasteiger partial charge < -0.3 is 19.5 Å². The zero-order valence-electron chi connectivity index (χ0n) is 12.5. The van der Waals surface area contributed by atoms with Crippen LogP contribution in [0.15, 0.2) is 41.1 Å². The van der Waals surface area contributed by atoms with E-state index < -0.39 is 0 Å². The molecule has 1 atom stereocenters. The van der Waals surface area contributed by atoms with Crippen LogP contribution in [0.1, 0.15) is 23.4 Å². The zero-order chi connectivity index (χ0) is 15.4. The van der Waals surface area contributed by atoms with Crippen molar-refractivity contribution in [2.45, 2.75) is 18.9 Å². The number of carbonyl (C=O) groups is 1. The molecule has 0 aliphatic carbocycles. The molecule has 1 unspecified atom stereocenters. The molecule has 1 amide bonds. The normalized spacial score (nSPS) is 18.2. The molecule has 0 saturated carbocycles. The third-order valence-electron chi connectivity index (χ3n) is 3.86. The Kier molecular flexibility index (Phi) is 4.39. The number of aromatic nitrogens is 1. The number of benzene rings is 1. The lowest BCUT2D eigenvalue weighted by molar-refractivity contribution is 0.0893. The minimum Gasteiger partial charge on any atom is -0.380 e. The molecule has 1 aliphatic heterocycles. The van der Waals surface area contributed by atoms with Crippen LogP contribution in [0.3, 0.4) is 0 Å². The molecule has 116 valence electrons. The molecule has 6 nitrogen and oxygen atoms in total. The summed E-state index contributed by atoms with van der Waals surface area (Å²) in [5.41, 5.74) is 1.87. The van der Waals surface area contributed by atoms with Crippen LogP contribution in [-0.2, 0) is 4.74 Å². The summed E-state index contributed by atoms with van der Waals surface area (Å²) in [5, 5.41) is 6.30. The van der Waals surface area contributed by atoms with Gasteiger partial charge in [0.2, 0.25) is 5.76 Å². The molecule has 22 heavy (non-hydrogen) atoms. The van der Waals surface area contributed by atoms with Crippen molar-refractivity contribution in [3.05, 3.63) is 42.3 Å². The molecule has 1 aromatic heterocycles. The van der Waals surface area contributed by atoms with Crippen molar-refractivity contribution in [3.63, 3.8) is 0 Å². The van der Waals surface area contributed by atoms with Gasteiger partial charge in [-0.1, -0.05) is 5.16 Å². The van der Waals surface area contributed by atoms with Crippen LogP contribution in [0.25, 0.3) is 0 Å². The van der Waals surface area contributed by atoms with Crippen molar-refractivity contribution in [1.82, 2.24) is 5.16 Å². The molecule has 1 N–H and O–H groups in total. The molecule has 0 spiro atoms. The van der Waals surface area contributed by atoms with Crippen LogP contribution < -0.4 is 10.2 Å². The van der Waals surface area contributed by atoms with Crippen molar-refractivity contribution >= 4 is 17.3 Å². The number of anilines is 2. The lowest BCUT2D eigenvalue weighted by atomic mass is 10.1. The Hall–Kier alpha value is -2.34. The second kappa shape index (κ2) is 6.62. The van der Waals surface area contributed by atoms with E-state index >= 15 is 0 Å². The molecule has 2 aromatic rings. The first-order valence-corrected chi connectivity index (χ1v) is 7.36. The summed E-state index contributed by atoms with van der Waals surface area (Å²) in [4.78, 5) is 14.2. The molecule has 1 saturated heterocycles. The highest BCUT2D eigenvalue weighted by Gasteiger charge is 2.19. The van der Waals surface area contributed by atoms with Gasteiger partial charge in [-0.05, 0) is 37.1 Å². The summed E-state index contributed by atoms with van der Waals surface area (Å²) in [6.07, 6.45) is 3.97. The Balaban J connectivity index is 1.64. The molecule has 1 aromatic carbocycles. The fraction of sp³-hybridized carbons (Fsp3) is 0.375. The van der Waals surface area contributed by atoms with E-state index in [0.717, 1.165) is 37.3 Å². The van der Waals surface area contributed by atoms with Crippen molar-refractivity contribution in [2.75, 3.05) is 30.4 Å². The Morgan fingerprint density at radius 2 is 2.18 bits per heavy atom. The molecular formula is C16H19N3O3. The smallest absolute Gasteiger partial charge is 0.294 e. The zero-order valence-corrected chi connectivity index (χ0v) is 12.5. The quantitative estimate of drug-likeness (QED) is 0.940. The van der Waals surface area contributed by atoms with E-state index in [2.05, 4.69) is 15.4 Å². The van der Waals surface area contributed by atoms with Gasteiger partial charge >= 0.3 is 0 Å². The van der Waals surface area contributed by atoms with E-state index in [-0.39, 0.29) is 11.7 Å². The van der Waals surface area contributed by atoms with E-state index in [4.69, 9.17) is 9.26 Å². The summed E-state index contributed by atoms with van der Waals surface area (Å²) < 4.78 is 10.3. The van der Waals surface area contributed by atoms with Crippen LogP contribution in [0.2, 0.25) is 0 Å². The highest BCUT2D eigenvalue weighted by atomic mass is 16.5. The minimum absolute atomic E-state index is 0.197. The molecule has 2 heterocycles. The first-order chi connectivity index (χ1) is 10.8. The van der Waals surface area contributed by atoms with Gasteiger partial charge in [0.25, 0.3) is 5.91 Å². The summed E-state index contributed by atoms with van der Waals surface area (Å²) >= 11 is 0. The number of ether oxygens (including phenoxy) is 1. The highest BCUT2D eigenvalue weighted by Crippen LogP contribution is 2.23. The number of amides is 1. The van der Waals surface area contributed by atoms with Crippen molar-refractivity contribution in [1.29, 1.82) is 0 Å². The average Bonchev–Trinajstić information content (AvgIpc) is 3.10. The van der Waals surface area contributed by atoms with Crippen molar-refractivity contribution in [2.24, 2.45) is 0 Å².